The average Bonchev–Trinajstić information content (AvgIpc) is 3.23. The largest absolute Gasteiger partial charge is 0.481 e. The van der Waals surface area contributed by atoms with Gasteiger partial charge in [0.15, 0.2) is 0 Å². The van der Waals surface area contributed by atoms with Crippen LogP contribution >= 0.6 is 0 Å². The molecular formula is C54H102O12Si4. The van der Waals surface area contributed by atoms with Gasteiger partial charge in [0.2, 0.25) is 0 Å². The molecule has 1 fully saturated rings. The van der Waals surface area contributed by atoms with E-state index in [9.17, 15) is 24.3 Å². The normalized spacial score (nSPS) is 22.6. The summed E-state index contributed by atoms with van der Waals surface area (Å²) in [7, 11) is -12.1. The maximum absolute atomic E-state index is 12.9. The fraction of sp³-hybridized carbons (Fsp3) is 0.815. The van der Waals surface area contributed by atoms with Crippen molar-refractivity contribution in [3.63, 3.8) is 0 Å². The number of aliphatic carboxylic acids is 1. The summed E-state index contributed by atoms with van der Waals surface area (Å²) in [6, 6.07) is 2.53. The van der Waals surface area contributed by atoms with E-state index in [4.69, 9.17) is 30.7 Å². The number of hydrogen-bond donors (Lipinski definition) is 1. The zero-order valence-electron chi connectivity index (χ0n) is 46.7. The van der Waals surface area contributed by atoms with E-state index in [1.165, 1.54) is 16.7 Å². The molecule has 0 saturated carbocycles. The van der Waals surface area contributed by atoms with Crippen molar-refractivity contribution in [2.75, 3.05) is 19.8 Å². The highest BCUT2D eigenvalue weighted by Gasteiger charge is 2.56. The van der Waals surface area contributed by atoms with Gasteiger partial charge in [0, 0.05) is 25.7 Å². The number of rotatable bonds is 38. The third-order valence-corrected chi connectivity index (χ3v) is 31.9. The van der Waals surface area contributed by atoms with E-state index >= 15 is 0 Å². The lowest BCUT2D eigenvalue weighted by molar-refractivity contribution is -0.145. The molecule has 1 aliphatic rings. The third-order valence-electron chi connectivity index (χ3n) is 13.0. The van der Waals surface area contributed by atoms with Gasteiger partial charge in [-0.2, -0.15) is 0 Å². The summed E-state index contributed by atoms with van der Waals surface area (Å²) in [5.74, 6) is 0.0472. The van der Waals surface area contributed by atoms with E-state index in [-0.39, 0.29) is 24.3 Å². The lowest BCUT2D eigenvalue weighted by atomic mass is 10.0. The Morgan fingerprint density at radius 2 is 0.657 bits per heavy atom. The van der Waals surface area contributed by atoms with Crippen molar-refractivity contribution in [2.45, 2.75) is 248 Å². The summed E-state index contributed by atoms with van der Waals surface area (Å²) in [4.78, 5) is 50.0. The van der Waals surface area contributed by atoms with Crippen molar-refractivity contribution in [3.8, 4) is 0 Å². The Morgan fingerprint density at radius 3 is 0.886 bits per heavy atom. The van der Waals surface area contributed by atoms with Crippen LogP contribution in [0.3, 0.4) is 0 Å². The summed E-state index contributed by atoms with van der Waals surface area (Å²) < 4.78 is 46.2. The van der Waals surface area contributed by atoms with Crippen LogP contribution in [0.1, 0.15) is 197 Å². The SMILES string of the molecule is CC(C)=CCCC(C)CCOC(=O)CCCC[Si]1(C)O[Si](C)(CCCCC(=O)O)O[Si](C)(CCCCC(=O)OCCC(C)CCC=C(C)C)O[Si](C)(CCCCC(=O)OCCC(C)CCC=C(C)C)O1. The Balaban J connectivity index is 3.14. The standard InChI is InChI=1S/C54H102O12Si4/c1-45(2)25-22-28-48(7)35-38-60-52(57)32-15-19-42-68(11)63-67(10,41-18-14-31-51(55)56)64-69(12,43-20-16-33-53(58)61-39-36-49(8)29-23-26-46(3)4)66-70(13,65-68)44-21-17-34-54(59)62-40-37-50(9)30-24-27-47(5)6/h25-27,48-50H,14-24,28-44H2,1-13H3,(H,55,56). The molecule has 12 nitrogen and oxygen atoms in total. The molecule has 0 aromatic rings. The highest BCUT2D eigenvalue weighted by atomic mass is 28.5. The van der Waals surface area contributed by atoms with Gasteiger partial charge >= 0.3 is 58.1 Å². The molecule has 16 heteroatoms. The van der Waals surface area contributed by atoms with Crippen LogP contribution in [-0.4, -0.2) is 83.0 Å². The fourth-order valence-corrected chi connectivity index (χ4v) is 32.5. The Hall–Kier alpha value is -2.19. The second-order valence-corrected chi connectivity index (χ2v) is 36.4. The van der Waals surface area contributed by atoms with Gasteiger partial charge in [-0.3, -0.25) is 19.2 Å². The number of carbonyl (C=O) groups is 4. The molecule has 5 unspecified atom stereocenters. The van der Waals surface area contributed by atoms with Gasteiger partial charge in [-0.05, 0) is 193 Å². The summed E-state index contributed by atoms with van der Waals surface area (Å²) >= 11 is 0. The van der Waals surface area contributed by atoms with Crippen LogP contribution in [0.2, 0.25) is 50.4 Å². The topological polar surface area (TPSA) is 153 Å². The Labute approximate surface area is 431 Å². The number of allylic oxidation sites excluding steroid dienone is 6. The summed E-state index contributed by atoms with van der Waals surface area (Å²) in [6.07, 6.45) is 21.9. The van der Waals surface area contributed by atoms with Crippen LogP contribution in [0.25, 0.3) is 0 Å². The molecule has 1 heterocycles. The maximum Gasteiger partial charge on any atom is 0.317 e. The van der Waals surface area contributed by atoms with E-state index in [1.807, 2.05) is 0 Å². The monoisotopic (exact) mass is 1050 g/mol. The molecule has 0 amide bonds. The number of ether oxygens (including phenoxy) is 3. The van der Waals surface area contributed by atoms with Gasteiger partial charge in [0.25, 0.3) is 0 Å². The minimum Gasteiger partial charge on any atom is -0.481 e. The lowest BCUT2D eigenvalue weighted by Gasteiger charge is -2.50. The third kappa shape index (κ3) is 34.3. The molecule has 0 bridgehead atoms. The first-order chi connectivity index (χ1) is 32.9. The van der Waals surface area contributed by atoms with Crippen molar-refractivity contribution in [1.29, 1.82) is 0 Å². The average molecular weight is 1060 g/mol. The molecule has 0 aromatic carbocycles. The molecule has 1 N–H and O–H groups in total. The number of hydrogen-bond acceptors (Lipinski definition) is 11. The summed E-state index contributed by atoms with van der Waals surface area (Å²) in [5, 5.41) is 9.43. The molecule has 0 radical (unpaired) electrons. The molecule has 1 rings (SSSR count). The number of carbonyl (C=O) groups excluding carboxylic acids is 3. The number of carboxylic acid groups (broad SMARTS) is 1. The minimum absolute atomic E-state index is 0.0744. The van der Waals surface area contributed by atoms with Crippen LogP contribution in [0, 0.1) is 17.8 Å². The molecule has 0 aromatic heterocycles. The molecule has 70 heavy (non-hydrogen) atoms. The second-order valence-electron chi connectivity index (χ2n) is 22.1. The van der Waals surface area contributed by atoms with Crippen LogP contribution in [0.5, 0.6) is 0 Å². The number of unbranched alkanes of at least 4 members (excludes halogenated alkanes) is 4. The summed E-state index contributed by atoms with van der Waals surface area (Å²) in [5.41, 5.74) is 3.96. The molecule has 1 aliphatic heterocycles. The van der Waals surface area contributed by atoms with Crippen molar-refractivity contribution >= 4 is 58.1 Å². The highest BCUT2D eigenvalue weighted by Crippen LogP contribution is 2.40. The predicted molar refractivity (Wildman–Crippen MR) is 293 cm³/mol. The van der Waals surface area contributed by atoms with Gasteiger partial charge in [-0.15, -0.1) is 0 Å². The van der Waals surface area contributed by atoms with Crippen LogP contribution in [-0.2, 0) is 49.8 Å². The lowest BCUT2D eigenvalue weighted by Crippen LogP contribution is -2.67. The molecule has 5 atom stereocenters. The zero-order chi connectivity index (χ0) is 52.6. The van der Waals surface area contributed by atoms with Crippen molar-refractivity contribution in [2.24, 2.45) is 17.8 Å². The van der Waals surface area contributed by atoms with Crippen LogP contribution in [0.4, 0.5) is 0 Å². The van der Waals surface area contributed by atoms with E-state index in [0.29, 0.717) is 132 Å². The Bertz CT molecular complexity index is 1540. The van der Waals surface area contributed by atoms with Gasteiger partial charge < -0.3 is 35.8 Å². The van der Waals surface area contributed by atoms with Gasteiger partial charge in [-0.1, -0.05) is 81.4 Å². The first-order valence-electron chi connectivity index (χ1n) is 27.3. The van der Waals surface area contributed by atoms with Crippen molar-refractivity contribution < 1.29 is 55.0 Å². The van der Waals surface area contributed by atoms with E-state index in [2.05, 4.69) is 107 Å². The van der Waals surface area contributed by atoms with Gasteiger partial charge in [0.05, 0.1) is 19.8 Å². The van der Waals surface area contributed by atoms with Gasteiger partial charge in [0.1, 0.15) is 0 Å². The highest BCUT2D eigenvalue weighted by molar-refractivity contribution is 6.93. The number of esters is 3. The van der Waals surface area contributed by atoms with Crippen molar-refractivity contribution in [1.82, 2.24) is 0 Å². The fourth-order valence-electron chi connectivity index (χ4n) is 8.93. The van der Waals surface area contributed by atoms with Crippen LogP contribution in [0.15, 0.2) is 34.9 Å². The minimum atomic E-state index is -3.02. The molecule has 0 aliphatic carbocycles. The predicted octanol–water partition coefficient (Wildman–Crippen LogP) is 15.1. The second kappa shape index (κ2) is 35.9. The smallest absolute Gasteiger partial charge is 0.317 e. The summed E-state index contributed by atoms with van der Waals surface area (Å²) in [6.45, 7) is 28.9. The van der Waals surface area contributed by atoms with E-state index in [0.717, 1.165) is 57.8 Å². The van der Waals surface area contributed by atoms with Gasteiger partial charge in [-0.25, -0.2) is 0 Å². The zero-order valence-corrected chi connectivity index (χ0v) is 50.7. The molecule has 406 valence electrons. The Kier molecular flexibility index (Phi) is 33.7. The van der Waals surface area contributed by atoms with E-state index < -0.39 is 40.2 Å². The Morgan fingerprint density at radius 1 is 0.414 bits per heavy atom. The quantitative estimate of drug-likeness (QED) is 0.0206. The molecular weight excluding hydrogens is 953 g/mol. The van der Waals surface area contributed by atoms with E-state index in [1.54, 1.807) is 0 Å². The van der Waals surface area contributed by atoms with Crippen LogP contribution < -0.4 is 0 Å². The first kappa shape index (κ1) is 65.8. The maximum atomic E-state index is 12.9. The van der Waals surface area contributed by atoms with Crippen molar-refractivity contribution in [3.05, 3.63) is 34.9 Å². The first-order valence-corrected chi connectivity index (χ1v) is 37.3. The number of carboxylic acids is 1. The molecule has 1 saturated heterocycles. The molecule has 0 spiro atoms.